The lowest BCUT2D eigenvalue weighted by molar-refractivity contribution is -0.147. The number of ether oxygens (including phenoxy) is 2. The van der Waals surface area contributed by atoms with Crippen molar-refractivity contribution >= 4 is 5.91 Å². The second kappa shape index (κ2) is 7.85. The Morgan fingerprint density at radius 1 is 1.26 bits per heavy atom. The second-order valence-electron chi connectivity index (χ2n) is 5.24. The Labute approximate surface area is 134 Å². The molecule has 7 nitrogen and oxygen atoms in total. The topological polar surface area (TPSA) is 86.5 Å². The molecular formula is C16H19N3O4. The Morgan fingerprint density at radius 2 is 2.13 bits per heavy atom. The molecule has 1 atom stereocenters. The van der Waals surface area contributed by atoms with E-state index in [1.54, 1.807) is 0 Å². The number of amides is 1. The van der Waals surface area contributed by atoms with Crippen LogP contribution < -0.4 is 5.32 Å². The summed E-state index contributed by atoms with van der Waals surface area (Å²) in [5.74, 6) is 0.979. The highest BCUT2D eigenvalue weighted by atomic mass is 16.6. The number of aromatic nitrogens is 2. The van der Waals surface area contributed by atoms with Gasteiger partial charge in [-0.05, 0) is 5.56 Å². The van der Waals surface area contributed by atoms with Crippen LogP contribution in [-0.2, 0) is 27.1 Å². The zero-order valence-corrected chi connectivity index (χ0v) is 12.7. The average molecular weight is 317 g/mol. The van der Waals surface area contributed by atoms with Gasteiger partial charge in [-0.1, -0.05) is 35.5 Å². The molecule has 1 aliphatic rings. The van der Waals surface area contributed by atoms with E-state index in [0.29, 0.717) is 50.9 Å². The molecule has 2 aromatic rings. The van der Waals surface area contributed by atoms with Gasteiger partial charge in [-0.25, -0.2) is 0 Å². The molecule has 0 spiro atoms. The molecule has 0 radical (unpaired) electrons. The molecule has 1 N–H and O–H groups in total. The van der Waals surface area contributed by atoms with Gasteiger partial charge >= 0.3 is 0 Å². The summed E-state index contributed by atoms with van der Waals surface area (Å²) in [6.45, 7) is 1.71. The van der Waals surface area contributed by atoms with Crippen LogP contribution in [0.15, 0.2) is 34.9 Å². The van der Waals surface area contributed by atoms with Gasteiger partial charge in [0.05, 0.1) is 19.8 Å². The summed E-state index contributed by atoms with van der Waals surface area (Å²) in [4.78, 5) is 16.2. The van der Waals surface area contributed by atoms with E-state index in [0.717, 1.165) is 5.56 Å². The fourth-order valence-electron chi connectivity index (χ4n) is 2.29. The van der Waals surface area contributed by atoms with Crippen molar-refractivity contribution in [2.75, 3.05) is 26.4 Å². The molecule has 0 unspecified atom stereocenters. The van der Waals surface area contributed by atoms with E-state index in [-0.39, 0.29) is 5.91 Å². The third kappa shape index (κ3) is 4.61. The molecule has 1 aromatic heterocycles. The van der Waals surface area contributed by atoms with E-state index in [2.05, 4.69) is 15.5 Å². The number of hydrogen-bond donors (Lipinski definition) is 1. The monoisotopic (exact) mass is 317 g/mol. The second-order valence-corrected chi connectivity index (χ2v) is 5.24. The van der Waals surface area contributed by atoms with Crippen molar-refractivity contribution in [3.8, 4) is 0 Å². The average Bonchev–Trinajstić information content (AvgIpc) is 3.04. The third-order valence-corrected chi connectivity index (χ3v) is 3.46. The van der Waals surface area contributed by atoms with Gasteiger partial charge in [0.1, 0.15) is 0 Å². The summed E-state index contributed by atoms with van der Waals surface area (Å²) in [7, 11) is 0. The van der Waals surface area contributed by atoms with Crippen LogP contribution in [0.4, 0.5) is 0 Å². The lowest BCUT2D eigenvalue weighted by Crippen LogP contribution is -2.43. The number of rotatable bonds is 6. The van der Waals surface area contributed by atoms with Crippen LogP contribution in [-0.4, -0.2) is 48.5 Å². The van der Waals surface area contributed by atoms with Gasteiger partial charge in [-0.3, -0.25) is 4.79 Å². The van der Waals surface area contributed by atoms with Gasteiger partial charge in [0.25, 0.3) is 5.91 Å². The minimum atomic E-state index is -0.528. The third-order valence-electron chi connectivity index (χ3n) is 3.46. The van der Waals surface area contributed by atoms with Gasteiger partial charge in [-0.15, -0.1) is 0 Å². The van der Waals surface area contributed by atoms with E-state index < -0.39 is 6.10 Å². The summed E-state index contributed by atoms with van der Waals surface area (Å²) in [5.41, 5.74) is 1.13. The molecule has 7 heteroatoms. The van der Waals surface area contributed by atoms with Gasteiger partial charge < -0.3 is 19.3 Å². The maximum absolute atomic E-state index is 11.9. The summed E-state index contributed by atoms with van der Waals surface area (Å²) < 4.78 is 15.7. The summed E-state index contributed by atoms with van der Waals surface area (Å²) in [6.07, 6.45) is 0.588. The van der Waals surface area contributed by atoms with Crippen LogP contribution in [0.1, 0.15) is 17.3 Å². The van der Waals surface area contributed by atoms with Crippen LogP contribution in [0, 0.1) is 0 Å². The quantitative estimate of drug-likeness (QED) is 0.845. The van der Waals surface area contributed by atoms with Crippen molar-refractivity contribution in [2.24, 2.45) is 0 Å². The van der Waals surface area contributed by atoms with Gasteiger partial charge in [0.15, 0.2) is 11.9 Å². The predicted molar refractivity (Wildman–Crippen MR) is 80.8 cm³/mol. The Morgan fingerprint density at radius 3 is 2.91 bits per heavy atom. The fourth-order valence-corrected chi connectivity index (χ4v) is 2.29. The Hall–Kier alpha value is -2.25. The predicted octanol–water partition coefficient (Wildman–Crippen LogP) is 0.734. The molecule has 0 saturated carbocycles. The number of nitrogens with zero attached hydrogens (tertiary/aromatic N) is 2. The standard InChI is InChI=1S/C16H19N3O4/c20-16(13-11-21-8-9-22-13)17-7-6-15-18-14(19-23-15)10-12-4-2-1-3-5-12/h1-5,13H,6-11H2,(H,17,20)/t13-/m1/s1. The normalized spacial score (nSPS) is 17.8. The number of hydrogen-bond acceptors (Lipinski definition) is 6. The molecule has 1 saturated heterocycles. The van der Waals surface area contributed by atoms with E-state index in [9.17, 15) is 4.79 Å². The Balaban J connectivity index is 1.43. The molecular weight excluding hydrogens is 298 g/mol. The van der Waals surface area contributed by atoms with Crippen LogP contribution in [0.5, 0.6) is 0 Å². The van der Waals surface area contributed by atoms with E-state index in [1.807, 2.05) is 30.3 Å². The van der Waals surface area contributed by atoms with Crippen molar-refractivity contribution in [1.29, 1.82) is 0 Å². The molecule has 23 heavy (non-hydrogen) atoms. The minimum Gasteiger partial charge on any atom is -0.376 e. The van der Waals surface area contributed by atoms with Crippen LogP contribution in [0.2, 0.25) is 0 Å². The molecule has 1 amide bonds. The van der Waals surface area contributed by atoms with Crippen molar-refractivity contribution < 1.29 is 18.8 Å². The number of carbonyl (C=O) groups excluding carboxylic acids is 1. The Bertz CT molecular complexity index is 623. The smallest absolute Gasteiger partial charge is 0.251 e. The molecule has 122 valence electrons. The van der Waals surface area contributed by atoms with Crippen LogP contribution >= 0.6 is 0 Å². The van der Waals surface area contributed by atoms with Gasteiger partial charge in [0.2, 0.25) is 5.89 Å². The lowest BCUT2D eigenvalue weighted by atomic mass is 10.1. The zero-order chi connectivity index (χ0) is 15.9. The van der Waals surface area contributed by atoms with Crippen molar-refractivity contribution in [1.82, 2.24) is 15.5 Å². The van der Waals surface area contributed by atoms with E-state index >= 15 is 0 Å². The first-order valence-corrected chi connectivity index (χ1v) is 7.64. The van der Waals surface area contributed by atoms with Crippen LogP contribution in [0.25, 0.3) is 0 Å². The minimum absolute atomic E-state index is 0.172. The largest absolute Gasteiger partial charge is 0.376 e. The molecule has 1 aliphatic heterocycles. The zero-order valence-electron chi connectivity index (χ0n) is 12.7. The molecule has 3 rings (SSSR count). The first-order valence-electron chi connectivity index (χ1n) is 7.64. The fraction of sp³-hybridized carbons (Fsp3) is 0.438. The van der Waals surface area contributed by atoms with Gasteiger partial charge in [-0.2, -0.15) is 4.98 Å². The van der Waals surface area contributed by atoms with E-state index in [1.165, 1.54) is 0 Å². The molecule has 0 aliphatic carbocycles. The van der Waals surface area contributed by atoms with E-state index in [4.69, 9.17) is 14.0 Å². The highest BCUT2D eigenvalue weighted by molar-refractivity contribution is 5.80. The molecule has 1 fully saturated rings. The van der Waals surface area contributed by atoms with Crippen LogP contribution in [0.3, 0.4) is 0 Å². The summed E-state index contributed by atoms with van der Waals surface area (Å²) in [5, 5.41) is 6.74. The highest BCUT2D eigenvalue weighted by Crippen LogP contribution is 2.07. The maximum atomic E-state index is 11.9. The molecule has 1 aromatic carbocycles. The molecule has 2 heterocycles. The highest BCUT2D eigenvalue weighted by Gasteiger charge is 2.22. The van der Waals surface area contributed by atoms with Crippen molar-refractivity contribution in [3.05, 3.63) is 47.6 Å². The molecule has 0 bridgehead atoms. The maximum Gasteiger partial charge on any atom is 0.251 e. The van der Waals surface area contributed by atoms with Crippen molar-refractivity contribution in [3.63, 3.8) is 0 Å². The van der Waals surface area contributed by atoms with Crippen molar-refractivity contribution in [2.45, 2.75) is 18.9 Å². The number of nitrogens with one attached hydrogen (secondary N) is 1. The Kier molecular flexibility index (Phi) is 5.33. The first kappa shape index (κ1) is 15.6. The lowest BCUT2D eigenvalue weighted by Gasteiger charge is -2.21. The first-order chi connectivity index (χ1) is 11.3. The number of carbonyl (C=O) groups is 1. The van der Waals surface area contributed by atoms with Gasteiger partial charge in [0, 0.05) is 19.4 Å². The summed E-state index contributed by atoms with van der Waals surface area (Å²) >= 11 is 0. The summed E-state index contributed by atoms with van der Waals surface area (Å²) in [6, 6.07) is 9.95. The number of benzene rings is 1. The SMILES string of the molecule is O=C(NCCc1nc(Cc2ccccc2)no1)[C@H]1COCCO1.